The van der Waals surface area contributed by atoms with Gasteiger partial charge in [-0.05, 0) is 53.9 Å². The van der Waals surface area contributed by atoms with E-state index in [1.165, 1.54) is 17.6 Å². The van der Waals surface area contributed by atoms with Crippen molar-refractivity contribution < 1.29 is 14.3 Å². The SMILES string of the molecule is COc1c(Cl)cc(/C=C2/SC(=O)N(CCCc3ccccc3)C2=O)cc1Cl. The van der Waals surface area contributed by atoms with Gasteiger partial charge in [0.25, 0.3) is 11.1 Å². The average Bonchev–Trinajstić information content (AvgIpc) is 2.90. The number of imide groups is 1. The molecule has 1 saturated heterocycles. The van der Waals surface area contributed by atoms with Gasteiger partial charge in [-0.15, -0.1) is 0 Å². The number of methoxy groups -OCH3 is 1. The minimum atomic E-state index is -0.291. The van der Waals surface area contributed by atoms with Crippen molar-refractivity contribution in [1.82, 2.24) is 4.90 Å². The lowest BCUT2D eigenvalue weighted by atomic mass is 10.1. The molecule has 140 valence electrons. The molecule has 1 heterocycles. The van der Waals surface area contributed by atoms with E-state index in [1.807, 2.05) is 30.3 Å². The molecule has 1 fully saturated rings. The third-order valence-electron chi connectivity index (χ3n) is 4.09. The Balaban J connectivity index is 1.69. The summed E-state index contributed by atoms with van der Waals surface area (Å²) in [6.07, 6.45) is 3.15. The number of amides is 2. The summed E-state index contributed by atoms with van der Waals surface area (Å²) in [7, 11) is 1.48. The summed E-state index contributed by atoms with van der Waals surface area (Å²) in [6, 6.07) is 13.3. The Morgan fingerprint density at radius 1 is 1.11 bits per heavy atom. The van der Waals surface area contributed by atoms with Gasteiger partial charge in [0.1, 0.15) is 0 Å². The van der Waals surface area contributed by atoms with Crippen LogP contribution in [-0.4, -0.2) is 29.7 Å². The van der Waals surface area contributed by atoms with E-state index >= 15 is 0 Å². The summed E-state index contributed by atoms with van der Waals surface area (Å²) < 4.78 is 5.12. The molecule has 0 bridgehead atoms. The van der Waals surface area contributed by atoms with E-state index in [0.717, 1.165) is 24.6 Å². The van der Waals surface area contributed by atoms with E-state index in [-0.39, 0.29) is 11.1 Å². The Morgan fingerprint density at radius 2 is 1.78 bits per heavy atom. The van der Waals surface area contributed by atoms with Crippen LogP contribution in [0, 0.1) is 0 Å². The Bertz CT molecular complexity index is 876. The van der Waals surface area contributed by atoms with E-state index in [9.17, 15) is 9.59 Å². The van der Waals surface area contributed by atoms with Crippen molar-refractivity contribution in [2.75, 3.05) is 13.7 Å². The van der Waals surface area contributed by atoms with Gasteiger partial charge in [-0.3, -0.25) is 14.5 Å². The highest BCUT2D eigenvalue weighted by molar-refractivity contribution is 8.18. The standard InChI is InChI=1S/C20H17Cl2NO3S/c1-26-18-15(21)10-14(11-16(18)22)12-17-19(24)23(20(25)27-17)9-5-8-13-6-3-2-4-7-13/h2-4,6-7,10-12H,5,8-9H2,1H3/b17-12+. The van der Waals surface area contributed by atoms with Crippen molar-refractivity contribution in [2.24, 2.45) is 0 Å². The van der Waals surface area contributed by atoms with Gasteiger partial charge in [0, 0.05) is 6.54 Å². The summed E-state index contributed by atoms with van der Waals surface area (Å²) in [5.41, 5.74) is 1.82. The summed E-state index contributed by atoms with van der Waals surface area (Å²) in [5.74, 6) is 0.0885. The first-order chi connectivity index (χ1) is 13.0. The molecule has 0 saturated carbocycles. The fraction of sp³-hybridized carbons (Fsp3) is 0.200. The molecule has 2 aromatic rings. The van der Waals surface area contributed by atoms with Crippen LogP contribution >= 0.6 is 35.0 Å². The van der Waals surface area contributed by atoms with E-state index < -0.39 is 0 Å². The van der Waals surface area contributed by atoms with Crippen LogP contribution in [0.25, 0.3) is 6.08 Å². The summed E-state index contributed by atoms with van der Waals surface area (Å²) in [6.45, 7) is 0.390. The lowest BCUT2D eigenvalue weighted by Gasteiger charge is -2.12. The van der Waals surface area contributed by atoms with Crippen LogP contribution < -0.4 is 4.74 Å². The molecule has 3 rings (SSSR count). The third kappa shape index (κ3) is 4.67. The van der Waals surface area contributed by atoms with Crippen molar-refractivity contribution in [1.29, 1.82) is 0 Å². The number of halogens is 2. The summed E-state index contributed by atoms with van der Waals surface area (Å²) >= 11 is 13.2. The van der Waals surface area contributed by atoms with Gasteiger partial charge in [-0.2, -0.15) is 0 Å². The topological polar surface area (TPSA) is 46.6 Å². The first-order valence-corrected chi connectivity index (χ1v) is 9.89. The van der Waals surface area contributed by atoms with Crippen molar-refractivity contribution in [3.8, 4) is 5.75 Å². The first kappa shape index (κ1) is 19.8. The number of carbonyl (C=O) groups excluding carboxylic acids is 2. The van der Waals surface area contributed by atoms with Crippen LogP contribution in [0.5, 0.6) is 5.75 Å². The Kier molecular flexibility index (Phi) is 6.47. The number of aryl methyl sites for hydroxylation is 1. The number of thioether (sulfide) groups is 1. The minimum absolute atomic E-state index is 0.259. The average molecular weight is 422 g/mol. The van der Waals surface area contributed by atoms with E-state index in [2.05, 4.69) is 0 Å². The zero-order valence-corrected chi connectivity index (χ0v) is 16.9. The summed E-state index contributed by atoms with van der Waals surface area (Å²) in [5, 5.41) is 0.432. The molecule has 0 spiro atoms. The molecule has 0 aliphatic carbocycles. The van der Waals surface area contributed by atoms with Gasteiger partial charge in [-0.25, -0.2) is 0 Å². The van der Waals surface area contributed by atoms with Gasteiger partial charge in [-0.1, -0.05) is 53.5 Å². The molecular formula is C20H17Cl2NO3S. The molecule has 0 radical (unpaired) electrons. The highest BCUT2D eigenvalue weighted by atomic mass is 35.5. The van der Waals surface area contributed by atoms with Gasteiger partial charge in [0.2, 0.25) is 0 Å². The molecule has 2 aromatic carbocycles. The maximum atomic E-state index is 12.6. The molecule has 1 aliphatic heterocycles. The second-order valence-electron chi connectivity index (χ2n) is 5.94. The van der Waals surface area contributed by atoms with Gasteiger partial charge < -0.3 is 4.74 Å². The molecule has 2 amide bonds. The number of rotatable bonds is 6. The van der Waals surface area contributed by atoms with Gasteiger partial charge >= 0.3 is 0 Å². The largest absolute Gasteiger partial charge is 0.494 e. The number of benzene rings is 2. The van der Waals surface area contributed by atoms with Crippen LogP contribution in [0.15, 0.2) is 47.4 Å². The Labute approximate surface area is 172 Å². The fourth-order valence-electron chi connectivity index (χ4n) is 2.79. The van der Waals surface area contributed by atoms with E-state index in [4.69, 9.17) is 27.9 Å². The molecule has 27 heavy (non-hydrogen) atoms. The highest BCUT2D eigenvalue weighted by Gasteiger charge is 2.34. The zero-order valence-electron chi connectivity index (χ0n) is 14.6. The molecule has 1 aliphatic rings. The van der Waals surface area contributed by atoms with Crippen LogP contribution in [0.2, 0.25) is 10.0 Å². The second kappa shape index (κ2) is 8.83. The smallest absolute Gasteiger partial charge is 0.293 e. The van der Waals surface area contributed by atoms with Gasteiger partial charge in [0.15, 0.2) is 5.75 Å². The maximum Gasteiger partial charge on any atom is 0.293 e. The molecule has 4 nitrogen and oxygen atoms in total. The van der Waals surface area contributed by atoms with E-state index in [1.54, 1.807) is 18.2 Å². The Hall–Kier alpha value is -1.95. The lowest BCUT2D eigenvalue weighted by molar-refractivity contribution is -0.122. The maximum absolute atomic E-state index is 12.6. The number of ether oxygens (including phenoxy) is 1. The zero-order chi connectivity index (χ0) is 19.4. The minimum Gasteiger partial charge on any atom is -0.494 e. The third-order valence-corrected chi connectivity index (χ3v) is 5.55. The van der Waals surface area contributed by atoms with Gasteiger partial charge in [0.05, 0.1) is 22.1 Å². The molecule has 0 N–H and O–H groups in total. The van der Waals surface area contributed by atoms with Crippen LogP contribution in [0.3, 0.4) is 0 Å². The highest BCUT2D eigenvalue weighted by Crippen LogP contribution is 2.37. The predicted octanol–water partition coefficient (Wildman–Crippen LogP) is 5.67. The second-order valence-corrected chi connectivity index (χ2v) is 7.75. The van der Waals surface area contributed by atoms with Crippen molar-refractivity contribution in [2.45, 2.75) is 12.8 Å². The fourth-order valence-corrected chi connectivity index (χ4v) is 4.31. The molecule has 0 atom stereocenters. The van der Waals surface area contributed by atoms with E-state index in [0.29, 0.717) is 32.8 Å². The normalized spacial score (nSPS) is 15.7. The molecule has 0 unspecified atom stereocenters. The monoisotopic (exact) mass is 421 g/mol. The van der Waals surface area contributed by atoms with Crippen LogP contribution in [0.4, 0.5) is 4.79 Å². The van der Waals surface area contributed by atoms with Crippen molar-refractivity contribution in [3.63, 3.8) is 0 Å². The molecular weight excluding hydrogens is 405 g/mol. The molecule has 0 aromatic heterocycles. The quantitative estimate of drug-likeness (QED) is 0.563. The number of nitrogens with zero attached hydrogens (tertiary/aromatic N) is 1. The predicted molar refractivity (Wildman–Crippen MR) is 110 cm³/mol. The first-order valence-electron chi connectivity index (χ1n) is 8.32. The summed E-state index contributed by atoms with van der Waals surface area (Å²) in [4.78, 5) is 26.4. The van der Waals surface area contributed by atoms with Crippen LogP contribution in [-0.2, 0) is 11.2 Å². The number of hydrogen-bond acceptors (Lipinski definition) is 4. The lowest BCUT2D eigenvalue weighted by Crippen LogP contribution is -2.29. The number of hydrogen-bond donors (Lipinski definition) is 0. The Morgan fingerprint density at radius 3 is 2.41 bits per heavy atom. The van der Waals surface area contributed by atoms with Crippen molar-refractivity contribution >= 4 is 52.2 Å². The van der Waals surface area contributed by atoms with Crippen LogP contribution in [0.1, 0.15) is 17.5 Å². The van der Waals surface area contributed by atoms with Crippen molar-refractivity contribution in [3.05, 3.63) is 68.5 Å². The molecule has 7 heteroatoms. The number of carbonyl (C=O) groups is 2.